The molecular weight excluding hydrogens is 252 g/mol. The van der Waals surface area contributed by atoms with Gasteiger partial charge in [-0.05, 0) is 31.2 Å². The number of carboxylic acid groups (broad SMARTS) is 1. The van der Waals surface area contributed by atoms with Gasteiger partial charge < -0.3 is 5.11 Å². The van der Waals surface area contributed by atoms with Crippen molar-refractivity contribution >= 4 is 11.8 Å². The number of carboxylic acids is 1. The Bertz CT molecular complexity index is 476. The van der Waals surface area contributed by atoms with Gasteiger partial charge in [0.15, 0.2) is 5.78 Å². The second kappa shape index (κ2) is 6.69. The van der Waals surface area contributed by atoms with Gasteiger partial charge in [-0.25, -0.2) is 0 Å². The maximum atomic E-state index is 12.4. The first-order chi connectivity index (χ1) is 9.63. The molecule has 1 aliphatic rings. The highest BCUT2D eigenvalue weighted by Gasteiger charge is 2.37. The van der Waals surface area contributed by atoms with E-state index in [9.17, 15) is 9.59 Å². The number of rotatable bonds is 6. The largest absolute Gasteiger partial charge is 0.481 e. The summed E-state index contributed by atoms with van der Waals surface area (Å²) in [6, 6.07) is 7.69. The lowest BCUT2D eigenvalue weighted by molar-refractivity contribution is -0.142. The third-order valence-corrected chi connectivity index (χ3v) is 4.23. The lowest BCUT2D eigenvalue weighted by atomic mass is 9.88. The summed E-state index contributed by atoms with van der Waals surface area (Å²) in [5.41, 5.74) is 1.90. The Morgan fingerprint density at radius 3 is 2.40 bits per heavy atom. The number of hydrogen-bond acceptors (Lipinski definition) is 2. The Hall–Kier alpha value is -1.64. The van der Waals surface area contributed by atoms with Crippen LogP contribution in [-0.4, -0.2) is 16.9 Å². The van der Waals surface area contributed by atoms with Crippen LogP contribution in [0, 0.1) is 11.8 Å². The zero-order valence-corrected chi connectivity index (χ0v) is 12.0. The second-order valence-electron chi connectivity index (χ2n) is 5.65. The third-order valence-electron chi connectivity index (χ3n) is 4.23. The number of aryl methyl sites for hydroxylation is 1. The van der Waals surface area contributed by atoms with Crippen LogP contribution in [0.15, 0.2) is 24.3 Å². The smallest absolute Gasteiger partial charge is 0.307 e. The monoisotopic (exact) mass is 274 g/mol. The summed E-state index contributed by atoms with van der Waals surface area (Å²) in [6.07, 6.45) is 5.50. The Labute approximate surface area is 120 Å². The number of unbranched alkanes of at least 4 members (excludes halogenated alkanes) is 1. The van der Waals surface area contributed by atoms with E-state index in [0.717, 1.165) is 25.7 Å². The summed E-state index contributed by atoms with van der Waals surface area (Å²) in [4.78, 5) is 23.6. The molecular formula is C17H22O3. The van der Waals surface area contributed by atoms with Crippen LogP contribution >= 0.6 is 0 Å². The molecule has 0 amide bonds. The number of Topliss-reactive ketones (excluding diaryl/α,β-unsaturated/α-hetero) is 1. The average Bonchev–Trinajstić information content (AvgIpc) is 2.94. The second-order valence-corrected chi connectivity index (χ2v) is 5.65. The highest BCUT2D eigenvalue weighted by Crippen LogP contribution is 2.34. The van der Waals surface area contributed by atoms with E-state index < -0.39 is 11.9 Å². The molecule has 0 aromatic heterocycles. The van der Waals surface area contributed by atoms with Crippen molar-refractivity contribution in [3.05, 3.63) is 35.4 Å². The van der Waals surface area contributed by atoms with Crippen LogP contribution in [0.1, 0.15) is 54.9 Å². The predicted molar refractivity (Wildman–Crippen MR) is 77.9 cm³/mol. The molecule has 3 nitrogen and oxygen atoms in total. The van der Waals surface area contributed by atoms with Gasteiger partial charge in [0.1, 0.15) is 0 Å². The van der Waals surface area contributed by atoms with Crippen LogP contribution in [0.3, 0.4) is 0 Å². The average molecular weight is 274 g/mol. The molecule has 1 N–H and O–H groups in total. The maximum Gasteiger partial charge on any atom is 0.307 e. The normalized spacial score (nSPS) is 21.9. The lowest BCUT2D eigenvalue weighted by Gasteiger charge is -2.14. The number of hydrogen-bond donors (Lipinski definition) is 1. The molecule has 2 rings (SSSR count). The van der Waals surface area contributed by atoms with E-state index >= 15 is 0 Å². The first-order valence-electron chi connectivity index (χ1n) is 7.49. The van der Waals surface area contributed by atoms with Crippen LogP contribution in [-0.2, 0) is 11.2 Å². The number of aliphatic carboxylic acids is 1. The SMILES string of the molecule is CCCCc1ccc(C(=O)C2CCCC2C(=O)O)cc1. The fourth-order valence-electron chi connectivity index (χ4n) is 3.00. The van der Waals surface area contributed by atoms with Crippen molar-refractivity contribution in [2.45, 2.75) is 45.4 Å². The first kappa shape index (κ1) is 14.8. The van der Waals surface area contributed by atoms with Gasteiger partial charge in [-0.2, -0.15) is 0 Å². The fraction of sp³-hybridized carbons (Fsp3) is 0.529. The van der Waals surface area contributed by atoms with Gasteiger partial charge in [-0.1, -0.05) is 44.0 Å². The summed E-state index contributed by atoms with van der Waals surface area (Å²) >= 11 is 0. The highest BCUT2D eigenvalue weighted by atomic mass is 16.4. The molecule has 1 fully saturated rings. The first-order valence-corrected chi connectivity index (χ1v) is 7.49. The molecule has 1 saturated carbocycles. The number of benzene rings is 1. The molecule has 2 unspecified atom stereocenters. The van der Waals surface area contributed by atoms with Crippen molar-refractivity contribution in [2.24, 2.45) is 11.8 Å². The minimum atomic E-state index is -0.833. The number of carbonyl (C=O) groups excluding carboxylic acids is 1. The van der Waals surface area contributed by atoms with E-state index in [1.54, 1.807) is 0 Å². The Balaban J connectivity index is 2.07. The summed E-state index contributed by atoms with van der Waals surface area (Å²) in [6.45, 7) is 2.16. The Morgan fingerprint density at radius 1 is 1.15 bits per heavy atom. The van der Waals surface area contributed by atoms with Crippen molar-refractivity contribution in [2.75, 3.05) is 0 Å². The summed E-state index contributed by atoms with van der Waals surface area (Å²) in [5.74, 6) is -1.67. The van der Waals surface area contributed by atoms with E-state index in [-0.39, 0.29) is 11.7 Å². The zero-order valence-electron chi connectivity index (χ0n) is 12.0. The van der Waals surface area contributed by atoms with Crippen LogP contribution in [0.2, 0.25) is 0 Å². The molecule has 108 valence electrons. The topological polar surface area (TPSA) is 54.4 Å². The fourth-order valence-corrected chi connectivity index (χ4v) is 3.00. The van der Waals surface area contributed by atoms with Crippen molar-refractivity contribution < 1.29 is 14.7 Å². The van der Waals surface area contributed by atoms with Crippen LogP contribution in [0.4, 0.5) is 0 Å². The molecule has 0 heterocycles. The van der Waals surface area contributed by atoms with E-state index in [1.165, 1.54) is 5.56 Å². The molecule has 1 aromatic rings. The predicted octanol–water partition coefficient (Wildman–Crippen LogP) is 3.71. The van der Waals surface area contributed by atoms with Gasteiger partial charge in [0, 0.05) is 11.5 Å². The summed E-state index contributed by atoms with van der Waals surface area (Å²) in [7, 11) is 0. The van der Waals surface area contributed by atoms with Gasteiger partial charge in [-0.3, -0.25) is 9.59 Å². The molecule has 1 aliphatic carbocycles. The minimum Gasteiger partial charge on any atom is -0.481 e. The quantitative estimate of drug-likeness (QED) is 0.804. The number of ketones is 1. The van der Waals surface area contributed by atoms with Gasteiger partial charge in [-0.15, -0.1) is 0 Å². The van der Waals surface area contributed by atoms with Crippen molar-refractivity contribution in [1.82, 2.24) is 0 Å². The molecule has 2 atom stereocenters. The van der Waals surface area contributed by atoms with Crippen LogP contribution < -0.4 is 0 Å². The molecule has 1 aromatic carbocycles. The van der Waals surface area contributed by atoms with Crippen LogP contribution in [0.5, 0.6) is 0 Å². The van der Waals surface area contributed by atoms with Gasteiger partial charge in [0.05, 0.1) is 5.92 Å². The molecule has 0 radical (unpaired) electrons. The minimum absolute atomic E-state index is 0.00283. The van der Waals surface area contributed by atoms with Crippen molar-refractivity contribution in [3.8, 4) is 0 Å². The summed E-state index contributed by atoms with van der Waals surface area (Å²) < 4.78 is 0. The van der Waals surface area contributed by atoms with E-state index in [4.69, 9.17) is 5.11 Å². The standard InChI is InChI=1S/C17H22O3/c1-2-3-5-12-8-10-13(11-9-12)16(18)14-6-4-7-15(14)17(19)20/h8-11,14-15H,2-7H2,1H3,(H,19,20). The van der Waals surface area contributed by atoms with Crippen molar-refractivity contribution in [1.29, 1.82) is 0 Å². The lowest BCUT2D eigenvalue weighted by Crippen LogP contribution is -2.25. The maximum absolute atomic E-state index is 12.4. The molecule has 3 heteroatoms. The Kier molecular flexibility index (Phi) is 4.94. The highest BCUT2D eigenvalue weighted by molar-refractivity contribution is 6.00. The molecule has 0 bridgehead atoms. The molecule has 0 spiro atoms. The van der Waals surface area contributed by atoms with E-state index in [1.807, 2.05) is 24.3 Å². The van der Waals surface area contributed by atoms with Gasteiger partial charge >= 0.3 is 5.97 Å². The molecule has 0 saturated heterocycles. The van der Waals surface area contributed by atoms with Gasteiger partial charge in [0.2, 0.25) is 0 Å². The van der Waals surface area contributed by atoms with Crippen molar-refractivity contribution in [3.63, 3.8) is 0 Å². The number of carbonyl (C=O) groups is 2. The zero-order chi connectivity index (χ0) is 14.5. The third kappa shape index (κ3) is 3.27. The molecule has 0 aliphatic heterocycles. The Morgan fingerprint density at radius 2 is 1.80 bits per heavy atom. The molecule has 20 heavy (non-hydrogen) atoms. The van der Waals surface area contributed by atoms with E-state index in [2.05, 4.69) is 6.92 Å². The van der Waals surface area contributed by atoms with Gasteiger partial charge in [0.25, 0.3) is 0 Å². The summed E-state index contributed by atoms with van der Waals surface area (Å²) in [5, 5.41) is 9.17. The van der Waals surface area contributed by atoms with E-state index in [0.29, 0.717) is 18.4 Å². The van der Waals surface area contributed by atoms with Crippen LogP contribution in [0.25, 0.3) is 0 Å².